The van der Waals surface area contributed by atoms with E-state index in [4.69, 9.17) is 9.84 Å². The number of nitrogens with zero attached hydrogens (tertiary/aromatic N) is 1. The first-order chi connectivity index (χ1) is 13.8. The minimum Gasteiger partial charge on any atom is -0.755 e. The number of methoxy groups -OCH3 is 1. The van der Waals surface area contributed by atoms with Crippen LogP contribution in [-0.2, 0) is 11.3 Å². The van der Waals surface area contributed by atoms with Gasteiger partial charge in [-0.1, -0.05) is 18.2 Å². The van der Waals surface area contributed by atoms with E-state index in [1.807, 2.05) is 31.2 Å². The van der Waals surface area contributed by atoms with Crippen LogP contribution in [0, 0.1) is 6.92 Å². The number of ether oxygens (including phenoxy) is 1. The Bertz CT molecular complexity index is 1100. The second kappa shape index (κ2) is 8.34. The van der Waals surface area contributed by atoms with Crippen molar-refractivity contribution >= 4 is 28.6 Å². The summed E-state index contributed by atoms with van der Waals surface area (Å²) in [7, 11) is 1.59. The molecule has 0 aliphatic heterocycles. The van der Waals surface area contributed by atoms with Gasteiger partial charge in [0.05, 0.1) is 29.8 Å². The molecular weight excluding hydrogens is 394 g/mol. The molecule has 0 heterocycles. The van der Waals surface area contributed by atoms with Crippen LogP contribution in [0.25, 0.3) is 11.1 Å². The van der Waals surface area contributed by atoms with Gasteiger partial charge in [0.15, 0.2) is 0 Å². The molecule has 0 saturated heterocycles. The number of hydrogen-bond donors (Lipinski definition) is 2. The van der Waals surface area contributed by atoms with E-state index in [0.717, 1.165) is 38.9 Å². The number of carboxylic acids is 1. The van der Waals surface area contributed by atoms with E-state index < -0.39 is 23.0 Å². The van der Waals surface area contributed by atoms with E-state index in [0.29, 0.717) is 5.69 Å². The lowest BCUT2D eigenvalue weighted by atomic mass is 10.0. The summed E-state index contributed by atoms with van der Waals surface area (Å²) < 4.78 is 30.1. The Morgan fingerprint density at radius 2 is 1.72 bits per heavy atom. The molecule has 0 saturated carbocycles. The molecule has 0 aromatic heterocycles. The van der Waals surface area contributed by atoms with Gasteiger partial charge in [0, 0.05) is 6.07 Å². The van der Waals surface area contributed by atoms with Crippen molar-refractivity contribution in [2.24, 2.45) is 0 Å². The van der Waals surface area contributed by atoms with Crippen LogP contribution in [-0.4, -0.2) is 32.1 Å². The minimum absolute atomic E-state index is 0.115. The molecular formula is C21H18NO6S-. The number of anilines is 2. The van der Waals surface area contributed by atoms with Crippen molar-refractivity contribution < 1.29 is 28.5 Å². The lowest BCUT2D eigenvalue weighted by molar-refractivity contribution is 0.0694. The minimum atomic E-state index is -2.70. The molecule has 29 heavy (non-hydrogen) atoms. The molecule has 0 fully saturated rings. The third-order valence-electron chi connectivity index (χ3n) is 4.40. The van der Waals surface area contributed by atoms with Gasteiger partial charge in [-0.15, -0.1) is 0 Å². The third kappa shape index (κ3) is 4.23. The molecule has 3 aromatic carbocycles. The molecule has 0 bridgehead atoms. The van der Waals surface area contributed by atoms with Gasteiger partial charge in [0.2, 0.25) is 0 Å². The third-order valence-corrected chi connectivity index (χ3v) is 5.12. The Morgan fingerprint density at radius 1 is 1.03 bits per heavy atom. The van der Waals surface area contributed by atoms with Crippen LogP contribution < -0.4 is 9.04 Å². The van der Waals surface area contributed by atoms with Gasteiger partial charge in [0.25, 0.3) is 0 Å². The molecule has 3 rings (SSSR count). The molecule has 1 atom stereocenters. The topological polar surface area (TPSA) is 110 Å². The highest BCUT2D eigenvalue weighted by Crippen LogP contribution is 2.34. The van der Waals surface area contributed by atoms with Gasteiger partial charge >= 0.3 is 5.97 Å². The predicted molar refractivity (Wildman–Crippen MR) is 109 cm³/mol. The van der Waals surface area contributed by atoms with Crippen LogP contribution >= 0.6 is 0 Å². The monoisotopic (exact) mass is 412 g/mol. The van der Waals surface area contributed by atoms with Gasteiger partial charge in [-0.3, -0.25) is 8.51 Å². The van der Waals surface area contributed by atoms with Crippen molar-refractivity contribution in [2.75, 3.05) is 11.4 Å². The Balaban J connectivity index is 2.05. The zero-order valence-corrected chi connectivity index (χ0v) is 16.5. The lowest BCUT2D eigenvalue weighted by Crippen LogP contribution is -2.19. The zero-order valence-electron chi connectivity index (χ0n) is 15.7. The van der Waals surface area contributed by atoms with Crippen LogP contribution in [0.5, 0.6) is 11.5 Å². The van der Waals surface area contributed by atoms with Crippen molar-refractivity contribution in [1.82, 2.24) is 0 Å². The second-order valence-corrected chi connectivity index (χ2v) is 7.05. The Morgan fingerprint density at radius 3 is 2.31 bits per heavy atom. The first-order valence-electron chi connectivity index (χ1n) is 8.52. The molecule has 0 spiro atoms. The summed E-state index contributed by atoms with van der Waals surface area (Å²) in [5.41, 5.74) is 2.75. The molecule has 0 aliphatic carbocycles. The van der Waals surface area contributed by atoms with Crippen molar-refractivity contribution in [3.63, 3.8) is 0 Å². The maximum Gasteiger partial charge on any atom is 0.339 e. The first-order valence-corrected chi connectivity index (χ1v) is 9.56. The number of carboxylic acid groups (broad SMARTS) is 1. The molecule has 150 valence electrons. The first kappa shape index (κ1) is 20.4. The quantitative estimate of drug-likeness (QED) is 0.592. The molecule has 0 amide bonds. The zero-order chi connectivity index (χ0) is 21.1. The van der Waals surface area contributed by atoms with Crippen LogP contribution in [0.15, 0.2) is 60.7 Å². The molecule has 0 radical (unpaired) electrons. The largest absolute Gasteiger partial charge is 0.755 e. The van der Waals surface area contributed by atoms with E-state index in [2.05, 4.69) is 0 Å². The number of rotatable bonds is 6. The standard InChI is InChI=1S/C21H19NO6S/c1-13-10-15(6-9-20(13)28-2)14-4-3-5-16(11-14)22(29(26)27)17-7-8-18(21(24)25)19(23)12-17/h3-12,23H,1-2H3,(H,24,25)(H,26,27)/p-1. The molecule has 7 nitrogen and oxygen atoms in total. The Labute approximate surface area is 170 Å². The lowest BCUT2D eigenvalue weighted by Gasteiger charge is -2.27. The van der Waals surface area contributed by atoms with Gasteiger partial charge in [-0.2, -0.15) is 0 Å². The summed E-state index contributed by atoms with van der Waals surface area (Å²) >= 11 is -2.70. The highest BCUT2D eigenvalue weighted by Gasteiger charge is 2.16. The smallest absolute Gasteiger partial charge is 0.339 e. The molecule has 0 aliphatic rings. The normalized spacial score (nSPS) is 11.7. The van der Waals surface area contributed by atoms with Crippen molar-refractivity contribution in [3.05, 3.63) is 71.8 Å². The Hall–Kier alpha value is -3.36. The van der Waals surface area contributed by atoms with E-state index in [1.165, 1.54) is 6.07 Å². The van der Waals surface area contributed by atoms with Gasteiger partial charge < -0.3 is 19.5 Å². The number of phenols is 1. The highest BCUT2D eigenvalue weighted by molar-refractivity contribution is 7.81. The van der Waals surface area contributed by atoms with Crippen molar-refractivity contribution in [3.8, 4) is 22.6 Å². The fourth-order valence-electron chi connectivity index (χ4n) is 3.02. The summed E-state index contributed by atoms with van der Waals surface area (Å²) in [6.07, 6.45) is 0. The SMILES string of the molecule is COc1ccc(-c2cccc(N(c3ccc(C(=O)O)c(O)c3)S(=O)[O-])c2)cc1C. The van der Waals surface area contributed by atoms with Gasteiger partial charge in [-0.25, -0.2) is 4.79 Å². The van der Waals surface area contributed by atoms with Crippen molar-refractivity contribution in [2.45, 2.75) is 6.92 Å². The number of benzene rings is 3. The number of aromatic hydroxyl groups is 1. The summed E-state index contributed by atoms with van der Waals surface area (Å²) in [6, 6.07) is 16.1. The average molecular weight is 412 g/mol. The van der Waals surface area contributed by atoms with Crippen LogP contribution in [0.2, 0.25) is 0 Å². The highest BCUT2D eigenvalue weighted by atomic mass is 32.2. The van der Waals surface area contributed by atoms with Gasteiger partial charge in [0.1, 0.15) is 17.1 Å². The van der Waals surface area contributed by atoms with E-state index in [9.17, 15) is 18.7 Å². The molecule has 3 aromatic rings. The average Bonchev–Trinajstić information content (AvgIpc) is 2.68. The fourth-order valence-corrected chi connectivity index (χ4v) is 3.59. The number of aryl methyl sites for hydroxylation is 1. The van der Waals surface area contributed by atoms with E-state index >= 15 is 0 Å². The maximum absolute atomic E-state index is 11.9. The van der Waals surface area contributed by atoms with Gasteiger partial charge in [-0.05, 0) is 60.0 Å². The molecule has 8 heteroatoms. The van der Waals surface area contributed by atoms with E-state index in [-0.39, 0.29) is 11.3 Å². The summed E-state index contributed by atoms with van der Waals surface area (Å²) in [5.74, 6) is -1.07. The summed E-state index contributed by atoms with van der Waals surface area (Å²) in [5, 5.41) is 19.0. The summed E-state index contributed by atoms with van der Waals surface area (Å²) in [4.78, 5) is 11.1. The summed E-state index contributed by atoms with van der Waals surface area (Å²) in [6.45, 7) is 1.91. The number of hydrogen-bond acceptors (Lipinski definition) is 5. The predicted octanol–water partition coefficient (Wildman–Crippen LogP) is 4.01. The van der Waals surface area contributed by atoms with Crippen LogP contribution in [0.3, 0.4) is 0 Å². The molecule has 1 unspecified atom stereocenters. The number of aromatic carboxylic acids is 1. The fraction of sp³-hybridized carbons (Fsp3) is 0.0952. The molecule has 2 N–H and O–H groups in total. The Kier molecular flexibility index (Phi) is 5.86. The second-order valence-electron chi connectivity index (χ2n) is 6.25. The van der Waals surface area contributed by atoms with Crippen molar-refractivity contribution in [1.29, 1.82) is 0 Å². The van der Waals surface area contributed by atoms with Crippen LogP contribution in [0.4, 0.5) is 11.4 Å². The van der Waals surface area contributed by atoms with E-state index in [1.54, 1.807) is 25.3 Å². The van der Waals surface area contributed by atoms with Crippen LogP contribution in [0.1, 0.15) is 15.9 Å². The number of carbonyl (C=O) groups is 1. The maximum atomic E-state index is 11.9.